The largest absolute Gasteiger partial charge is 0.497 e. The minimum atomic E-state index is -0.0502. The molecular weight excluding hydrogens is 349 g/mol. The zero-order valence-electron chi connectivity index (χ0n) is 14.2. The third kappa shape index (κ3) is 4.33. The maximum Gasteiger partial charge on any atom is 0.240 e. The summed E-state index contributed by atoms with van der Waals surface area (Å²) in [7, 11) is 3.68. The maximum absolute atomic E-state index is 12.8. The molecule has 3 rings (SSSR count). The van der Waals surface area contributed by atoms with Gasteiger partial charge in [-0.2, -0.15) is 0 Å². The molecule has 136 valence electrons. The van der Waals surface area contributed by atoms with E-state index in [9.17, 15) is 4.79 Å². The summed E-state index contributed by atoms with van der Waals surface area (Å²) in [6, 6.07) is 6.29. The summed E-state index contributed by atoms with van der Waals surface area (Å²) >= 11 is 0. The lowest BCUT2D eigenvalue weighted by molar-refractivity contribution is -0.135. The van der Waals surface area contributed by atoms with Crippen LogP contribution in [-0.4, -0.2) is 61.6 Å². The third-order valence-corrected chi connectivity index (χ3v) is 4.89. The lowest BCUT2D eigenvalue weighted by atomic mass is 10.0. The van der Waals surface area contributed by atoms with E-state index < -0.39 is 0 Å². The van der Waals surface area contributed by atoms with E-state index in [4.69, 9.17) is 10.5 Å². The average Bonchev–Trinajstić information content (AvgIpc) is 2.73. The first-order valence-corrected chi connectivity index (χ1v) is 7.99. The Balaban J connectivity index is 0.00000144. The van der Waals surface area contributed by atoms with Crippen molar-refractivity contribution in [3.05, 3.63) is 29.3 Å². The first-order chi connectivity index (χ1) is 10.6. The van der Waals surface area contributed by atoms with Crippen LogP contribution in [0.25, 0.3) is 0 Å². The Hall–Kier alpha value is -1.01. The number of fused-ring (bicyclic) bond motifs is 1. The third-order valence-electron chi connectivity index (χ3n) is 4.89. The molecule has 5 nitrogen and oxygen atoms in total. The molecule has 2 heterocycles. The van der Waals surface area contributed by atoms with Crippen LogP contribution in [0.2, 0.25) is 0 Å². The molecule has 2 N–H and O–H groups in total. The second kappa shape index (κ2) is 8.90. The van der Waals surface area contributed by atoms with E-state index >= 15 is 0 Å². The van der Waals surface area contributed by atoms with Gasteiger partial charge in [0.1, 0.15) is 5.75 Å². The SMILES string of the molecule is COc1ccc2c(c1)CCN(C(=O)[C@@H]1C[C@H](N)CN1C)CC2.Cl.Cl. The molecular formula is C17H27Cl2N3O2. The number of rotatable bonds is 2. The van der Waals surface area contributed by atoms with Gasteiger partial charge in [0.25, 0.3) is 0 Å². The molecule has 1 aromatic rings. The zero-order valence-corrected chi connectivity index (χ0v) is 15.9. The Morgan fingerprint density at radius 2 is 1.88 bits per heavy atom. The van der Waals surface area contributed by atoms with Crippen LogP contribution in [0, 0.1) is 0 Å². The van der Waals surface area contributed by atoms with Crippen molar-refractivity contribution < 1.29 is 9.53 Å². The van der Waals surface area contributed by atoms with Crippen molar-refractivity contribution in [2.75, 3.05) is 33.8 Å². The van der Waals surface area contributed by atoms with Crippen molar-refractivity contribution >= 4 is 30.7 Å². The van der Waals surface area contributed by atoms with Gasteiger partial charge in [-0.25, -0.2) is 0 Å². The lowest BCUT2D eigenvalue weighted by Crippen LogP contribution is -2.45. The van der Waals surface area contributed by atoms with E-state index in [0.717, 1.165) is 44.6 Å². The number of hydrogen-bond acceptors (Lipinski definition) is 4. The van der Waals surface area contributed by atoms with Crippen LogP contribution in [0.4, 0.5) is 0 Å². The van der Waals surface area contributed by atoms with E-state index in [2.05, 4.69) is 17.0 Å². The Bertz CT molecular complexity index is 571. The molecule has 1 amide bonds. The number of methoxy groups -OCH3 is 1. The minimum absolute atomic E-state index is 0. The van der Waals surface area contributed by atoms with Crippen LogP contribution in [0.15, 0.2) is 18.2 Å². The second-order valence-electron chi connectivity index (χ2n) is 6.41. The molecule has 24 heavy (non-hydrogen) atoms. The fraction of sp³-hybridized carbons (Fsp3) is 0.588. The molecule has 0 saturated carbocycles. The molecule has 1 saturated heterocycles. The molecule has 1 fully saturated rings. The van der Waals surface area contributed by atoms with Crippen molar-refractivity contribution in [3.8, 4) is 5.75 Å². The fourth-order valence-corrected chi connectivity index (χ4v) is 3.59. The first-order valence-electron chi connectivity index (χ1n) is 7.99. The number of amides is 1. The number of halogens is 2. The summed E-state index contributed by atoms with van der Waals surface area (Å²) in [5.41, 5.74) is 8.61. The predicted octanol–water partition coefficient (Wildman–Crippen LogP) is 1.50. The van der Waals surface area contributed by atoms with Crippen LogP contribution in [0.1, 0.15) is 17.5 Å². The highest BCUT2D eigenvalue weighted by molar-refractivity contribution is 5.85. The van der Waals surface area contributed by atoms with Crippen molar-refractivity contribution in [3.63, 3.8) is 0 Å². The molecule has 7 heteroatoms. The van der Waals surface area contributed by atoms with Crippen molar-refractivity contribution in [1.82, 2.24) is 9.80 Å². The topological polar surface area (TPSA) is 58.8 Å². The number of likely N-dealkylation sites (N-methyl/N-ethyl adjacent to an activating group) is 1. The van der Waals surface area contributed by atoms with Gasteiger partial charge < -0.3 is 15.4 Å². The quantitative estimate of drug-likeness (QED) is 0.850. The van der Waals surface area contributed by atoms with Crippen LogP contribution < -0.4 is 10.5 Å². The number of nitrogens with two attached hydrogens (primary N) is 1. The van der Waals surface area contributed by atoms with E-state index in [1.165, 1.54) is 11.1 Å². The molecule has 0 bridgehead atoms. The summed E-state index contributed by atoms with van der Waals surface area (Å²) in [5, 5.41) is 0. The van der Waals surface area contributed by atoms with Crippen molar-refractivity contribution in [2.24, 2.45) is 5.73 Å². The molecule has 0 spiro atoms. The maximum atomic E-state index is 12.8. The van der Waals surface area contributed by atoms with Gasteiger partial charge in [0.15, 0.2) is 0 Å². The predicted molar refractivity (Wildman–Crippen MR) is 100 cm³/mol. The summed E-state index contributed by atoms with van der Waals surface area (Å²) in [5.74, 6) is 1.12. The molecule has 2 aliphatic heterocycles. The average molecular weight is 376 g/mol. The molecule has 2 aliphatic rings. The Kier molecular flexibility index (Phi) is 7.80. The van der Waals surface area contributed by atoms with Gasteiger partial charge in [0.2, 0.25) is 5.91 Å². The van der Waals surface area contributed by atoms with E-state index in [1.807, 2.05) is 18.0 Å². The van der Waals surface area contributed by atoms with Crippen LogP contribution in [-0.2, 0) is 17.6 Å². The Morgan fingerprint density at radius 1 is 1.21 bits per heavy atom. The van der Waals surface area contributed by atoms with E-state index in [0.29, 0.717) is 0 Å². The van der Waals surface area contributed by atoms with Crippen LogP contribution in [0.5, 0.6) is 5.75 Å². The number of likely N-dealkylation sites (tertiary alicyclic amines) is 1. The molecule has 0 aromatic heterocycles. The zero-order chi connectivity index (χ0) is 15.7. The van der Waals surface area contributed by atoms with Crippen molar-refractivity contribution in [2.45, 2.75) is 31.3 Å². The summed E-state index contributed by atoms with van der Waals surface area (Å²) < 4.78 is 5.30. The Morgan fingerprint density at radius 3 is 2.46 bits per heavy atom. The molecule has 0 unspecified atom stereocenters. The Labute approximate surface area is 156 Å². The first kappa shape index (κ1) is 21.0. The minimum Gasteiger partial charge on any atom is -0.497 e. The highest BCUT2D eigenvalue weighted by atomic mass is 35.5. The molecule has 0 radical (unpaired) electrons. The number of carbonyl (C=O) groups excluding carboxylic acids is 1. The second-order valence-corrected chi connectivity index (χ2v) is 6.41. The van der Waals surface area contributed by atoms with Gasteiger partial charge in [-0.3, -0.25) is 9.69 Å². The van der Waals surface area contributed by atoms with Crippen LogP contribution in [0.3, 0.4) is 0 Å². The normalized spacial score (nSPS) is 23.5. The summed E-state index contributed by atoms with van der Waals surface area (Å²) in [6.45, 7) is 2.37. The van der Waals surface area contributed by atoms with Crippen molar-refractivity contribution in [1.29, 1.82) is 0 Å². The van der Waals surface area contributed by atoms with Crippen LogP contribution >= 0.6 is 24.8 Å². The number of ether oxygens (including phenoxy) is 1. The van der Waals surface area contributed by atoms with Gasteiger partial charge in [-0.1, -0.05) is 6.07 Å². The van der Waals surface area contributed by atoms with E-state index in [-0.39, 0.29) is 42.8 Å². The highest BCUT2D eigenvalue weighted by Crippen LogP contribution is 2.23. The number of benzene rings is 1. The lowest BCUT2D eigenvalue weighted by Gasteiger charge is -2.27. The molecule has 1 aromatic carbocycles. The summed E-state index contributed by atoms with van der Waals surface area (Å²) in [6.07, 6.45) is 2.57. The van der Waals surface area contributed by atoms with Gasteiger partial charge >= 0.3 is 0 Å². The van der Waals surface area contributed by atoms with Gasteiger partial charge in [-0.15, -0.1) is 24.8 Å². The van der Waals surface area contributed by atoms with E-state index in [1.54, 1.807) is 7.11 Å². The van der Waals surface area contributed by atoms with Gasteiger partial charge in [0.05, 0.1) is 13.2 Å². The number of carbonyl (C=O) groups is 1. The van der Waals surface area contributed by atoms with Gasteiger partial charge in [-0.05, 0) is 49.6 Å². The summed E-state index contributed by atoms with van der Waals surface area (Å²) in [4.78, 5) is 16.9. The standard InChI is InChI=1S/C17H25N3O2.2ClH/c1-19-11-14(18)10-16(19)17(21)20-7-5-12-3-4-15(22-2)9-13(12)6-8-20;;/h3-4,9,14,16H,5-8,10-11,18H2,1-2H3;2*1H/t14-,16-;;/m0../s1. The molecule has 2 atom stereocenters. The monoisotopic (exact) mass is 375 g/mol. The fourth-order valence-electron chi connectivity index (χ4n) is 3.59. The highest BCUT2D eigenvalue weighted by Gasteiger charge is 2.35. The number of hydrogen-bond donors (Lipinski definition) is 1. The number of nitrogens with zero attached hydrogens (tertiary/aromatic N) is 2. The van der Waals surface area contributed by atoms with Gasteiger partial charge in [0, 0.05) is 25.7 Å². The molecule has 0 aliphatic carbocycles. The smallest absolute Gasteiger partial charge is 0.240 e.